The van der Waals surface area contributed by atoms with Gasteiger partial charge in [0.1, 0.15) is 5.82 Å². The second kappa shape index (κ2) is 7.23. The maximum atomic E-state index is 13.7. The van der Waals surface area contributed by atoms with Gasteiger partial charge in [-0.3, -0.25) is 0 Å². The highest BCUT2D eigenvalue weighted by Crippen LogP contribution is 2.34. The second-order valence-corrected chi connectivity index (χ2v) is 6.44. The Hall–Kier alpha value is -1.72. The number of hydrogen-bond acceptors (Lipinski definition) is 3. The molecule has 5 heteroatoms. The van der Waals surface area contributed by atoms with Gasteiger partial charge in [-0.1, -0.05) is 12.1 Å². The lowest BCUT2D eigenvalue weighted by atomic mass is 9.74. The fourth-order valence-electron chi connectivity index (χ4n) is 3.29. The molecule has 3 rings (SSSR count). The lowest BCUT2D eigenvalue weighted by Gasteiger charge is -2.39. The van der Waals surface area contributed by atoms with Crippen LogP contribution in [0.25, 0.3) is 0 Å². The summed E-state index contributed by atoms with van der Waals surface area (Å²) in [7, 11) is 0. The van der Waals surface area contributed by atoms with Gasteiger partial charge in [-0.2, -0.15) is 0 Å². The van der Waals surface area contributed by atoms with Crippen LogP contribution in [0.3, 0.4) is 0 Å². The molecule has 1 N–H and O–H groups in total. The van der Waals surface area contributed by atoms with E-state index >= 15 is 0 Å². The number of imidazole rings is 1. The van der Waals surface area contributed by atoms with E-state index in [-0.39, 0.29) is 11.2 Å². The molecule has 0 aliphatic carbocycles. The number of nitrogens with one attached hydrogen (secondary N) is 1. The van der Waals surface area contributed by atoms with Gasteiger partial charge < -0.3 is 14.6 Å². The van der Waals surface area contributed by atoms with Crippen molar-refractivity contribution in [3.8, 4) is 0 Å². The van der Waals surface area contributed by atoms with Crippen molar-refractivity contribution in [2.24, 2.45) is 0 Å². The van der Waals surface area contributed by atoms with Crippen LogP contribution < -0.4 is 5.32 Å². The molecule has 1 atom stereocenters. The van der Waals surface area contributed by atoms with Crippen molar-refractivity contribution in [2.45, 2.75) is 37.8 Å². The molecule has 1 fully saturated rings. The van der Waals surface area contributed by atoms with Crippen molar-refractivity contribution in [2.75, 3.05) is 19.8 Å². The average molecular weight is 317 g/mol. The standard InChI is InChI=1S/C18H24FN3O/c1-15(12-22-8-7-20-14-22)21-13-18(5-9-23-10-6-18)16-3-2-4-17(19)11-16/h2-4,7-8,11,14-15,21H,5-6,9-10,12-13H2,1H3. The Kier molecular flexibility index (Phi) is 5.08. The zero-order chi connectivity index (χ0) is 16.1. The molecule has 1 aromatic carbocycles. The van der Waals surface area contributed by atoms with Crippen LogP contribution in [0.4, 0.5) is 4.39 Å². The van der Waals surface area contributed by atoms with Crippen LogP contribution >= 0.6 is 0 Å². The molecule has 0 amide bonds. The molecule has 1 aromatic heterocycles. The van der Waals surface area contributed by atoms with Gasteiger partial charge in [-0.15, -0.1) is 0 Å². The van der Waals surface area contributed by atoms with Crippen LogP contribution in [-0.4, -0.2) is 35.4 Å². The summed E-state index contributed by atoms with van der Waals surface area (Å²) in [5, 5.41) is 3.62. The lowest BCUT2D eigenvalue weighted by molar-refractivity contribution is 0.0487. The molecule has 1 aliphatic heterocycles. The number of halogens is 1. The third kappa shape index (κ3) is 3.98. The Bertz CT molecular complexity index is 608. The molecule has 4 nitrogen and oxygen atoms in total. The largest absolute Gasteiger partial charge is 0.381 e. The van der Waals surface area contributed by atoms with E-state index in [1.807, 2.05) is 18.6 Å². The minimum atomic E-state index is -0.167. The van der Waals surface area contributed by atoms with Crippen molar-refractivity contribution in [3.05, 3.63) is 54.4 Å². The SMILES string of the molecule is CC(Cn1ccnc1)NCC1(c2cccc(F)c2)CCOCC1. The molecule has 0 spiro atoms. The Morgan fingerprint density at radius 2 is 2.22 bits per heavy atom. The minimum Gasteiger partial charge on any atom is -0.381 e. The number of aromatic nitrogens is 2. The number of rotatable bonds is 6. The zero-order valence-electron chi connectivity index (χ0n) is 13.5. The van der Waals surface area contributed by atoms with E-state index in [1.165, 1.54) is 6.07 Å². The summed E-state index contributed by atoms with van der Waals surface area (Å²) in [6, 6.07) is 7.34. The summed E-state index contributed by atoms with van der Waals surface area (Å²) in [5.74, 6) is -0.167. The number of nitrogens with zero attached hydrogens (tertiary/aromatic N) is 2. The number of benzene rings is 1. The summed E-state index contributed by atoms with van der Waals surface area (Å²) in [5.41, 5.74) is 1.02. The fraction of sp³-hybridized carbons (Fsp3) is 0.500. The smallest absolute Gasteiger partial charge is 0.123 e. The van der Waals surface area contributed by atoms with E-state index in [0.717, 1.165) is 44.7 Å². The zero-order valence-corrected chi connectivity index (χ0v) is 13.5. The summed E-state index contributed by atoms with van der Waals surface area (Å²) < 4.78 is 21.3. The van der Waals surface area contributed by atoms with E-state index in [9.17, 15) is 4.39 Å². The van der Waals surface area contributed by atoms with Crippen LogP contribution in [-0.2, 0) is 16.7 Å². The maximum absolute atomic E-state index is 13.7. The van der Waals surface area contributed by atoms with E-state index < -0.39 is 0 Å². The van der Waals surface area contributed by atoms with Gasteiger partial charge in [0, 0.05) is 50.2 Å². The van der Waals surface area contributed by atoms with Crippen LogP contribution in [0.2, 0.25) is 0 Å². The molecule has 0 radical (unpaired) electrons. The Balaban J connectivity index is 1.69. The normalized spacial score (nSPS) is 18.7. The van der Waals surface area contributed by atoms with Crippen LogP contribution in [0.1, 0.15) is 25.3 Å². The van der Waals surface area contributed by atoms with E-state index in [2.05, 4.69) is 21.8 Å². The van der Waals surface area contributed by atoms with Crippen LogP contribution in [0.5, 0.6) is 0 Å². The van der Waals surface area contributed by atoms with Gasteiger partial charge in [0.05, 0.1) is 6.33 Å². The van der Waals surface area contributed by atoms with E-state index in [1.54, 1.807) is 18.3 Å². The van der Waals surface area contributed by atoms with E-state index in [0.29, 0.717) is 6.04 Å². The summed E-state index contributed by atoms with van der Waals surface area (Å²) in [4.78, 5) is 4.07. The summed E-state index contributed by atoms with van der Waals surface area (Å²) in [6.45, 7) is 5.33. The van der Waals surface area contributed by atoms with Crippen molar-refractivity contribution in [1.29, 1.82) is 0 Å². The molecule has 2 heterocycles. The predicted octanol–water partition coefficient (Wildman–Crippen LogP) is 2.75. The Morgan fingerprint density at radius 3 is 2.91 bits per heavy atom. The molecule has 0 bridgehead atoms. The quantitative estimate of drug-likeness (QED) is 0.890. The third-order valence-electron chi connectivity index (χ3n) is 4.72. The fourth-order valence-corrected chi connectivity index (χ4v) is 3.29. The highest BCUT2D eigenvalue weighted by molar-refractivity contribution is 5.27. The first-order valence-corrected chi connectivity index (χ1v) is 8.21. The van der Waals surface area contributed by atoms with Crippen molar-refractivity contribution in [1.82, 2.24) is 14.9 Å². The number of hydrogen-bond donors (Lipinski definition) is 1. The van der Waals surface area contributed by atoms with E-state index in [4.69, 9.17) is 4.74 Å². The lowest BCUT2D eigenvalue weighted by Crippen LogP contribution is -2.46. The van der Waals surface area contributed by atoms with Gasteiger partial charge in [-0.25, -0.2) is 9.37 Å². The third-order valence-corrected chi connectivity index (χ3v) is 4.72. The highest BCUT2D eigenvalue weighted by Gasteiger charge is 2.34. The highest BCUT2D eigenvalue weighted by atomic mass is 19.1. The van der Waals surface area contributed by atoms with Crippen molar-refractivity contribution < 1.29 is 9.13 Å². The second-order valence-electron chi connectivity index (χ2n) is 6.44. The number of ether oxygens (including phenoxy) is 1. The summed E-state index contributed by atoms with van der Waals surface area (Å²) in [6.07, 6.45) is 7.42. The molecular formula is C18H24FN3O. The molecule has 1 saturated heterocycles. The Labute approximate surface area is 136 Å². The molecule has 1 aliphatic rings. The van der Waals surface area contributed by atoms with Crippen LogP contribution in [0.15, 0.2) is 43.0 Å². The molecule has 124 valence electrons. The van der Waals surface area contributed by atoms with Gasteiger partial charge >= 0.3 is 0 Å². The monoisotopic (exact) mass is 317 g/mol. The van der Waals surface area contributed by atoms with Gasteiger partial charge in [0.2, 0.25) is 0 Å². The van der Waals surface area contributed by atoms with Crippen molar-refractivity contribution >= 4 is 0 Å². The maximum Gasteiger partial charge on any atom is 0.123 e. The summed E-state index contributed by atoms with van der Waals surface area (Å²) >= 11 is 0. The predicted molar refractivity (Wildman–Crippen MR) is 87.8 cm³/mol. The van der Waals surface area contributed by atoms with Crippen molar-refractivity contribution in [3.63, 3.8) is 0 Å². The first kappa shape index (κ1) is 16.1. The first-order chi connectivity index (χ1) is 11.2. The average Bonchev–Trinajstić information content (AvgIpc) is 3.07. The topological polar surface area (TPSA) is 39.1 Å². The van der Waals surface area contributed by atoms with Gasteiger partial charge in [-0.05, 0) is 37.5 Å². The molecule has 0 saturated carbocycles. The molecular weight excluding hydrogens is 293 g/mol. The molecule has 2 aromatic rings. The van der Waals surface area contributed by atoms with Gasteiger partial charge in [0.25, 0.3) is 0 Å². The minimum absolute atomic E-state index is 0.0520. The molecule has 23 heavy (non-hydrogen) atoms. The Morgan fingerprint density at radius 1 is 1.39 bits per heavy atom. The molecule has 1 unspecified atom stereocenters. The van der Waals surface area contributed by atoms with Gasteiger partial charge in [0.15, 0.2) is 0 Å². The first-order valence-electron chi connectivity index (χ1n) is 8.21. The van der Waals surface area contributed by atoms with Crippen LogP contribution in [0, 0.1) is 5.82 Å².